The van der Waals surface area contributed by atoms with Crippen LogP contribution in [0.3, 0.4) is 0 Å². The lowest BCUT2D eigenvalue weighted by Crippen LogP contribution is -2.48. The van der Waals surface area contributed by atoms with E-state index in [2.05, 4.69) is 4.98 Å². The molecule has 0 radical (unpaired) electrons. The van der Waals surface area contributed by atoms with E-state index in [9.17, 15) is 13.2 Å². The Morgan fingerprint density at radius 3 is 2.31 bits per heavy atom. The average Bonchev–Trinajstić information content (AvgIpc) is 3.26. The highest BCUT2D eigenvalue weighted by atomic mass is 32.2. The number of aryl methyl sites for hydroxylation is 1. The lowest BCUT2D eigenvalue weighted by Gasteiger charge is -2.34. The molecule has 0 saturated carbocycles. The summed E-state index contributed by atoms with van der Waals surface area (Å²) in [6.07, 6.45) is 1.33. The van der Waals surface area contributed by atoms with Crippen LogP contribution < -0.4 is 4.90 Å². The molecule has 8 heteroatoms. The molecule has 4 rings (SSSR count). The van der Waals surface area contributed by atoms with Crippen molar-refractivity contribution in [2.24, 2.45) is 0 Å². The van der Waals surface area contributed by atoms with Gasteiger partial charge in [0.05, 0.1) is 4.90 Å². The Balaban J connectivity index is 1.73. The van der Waals surface area contributed by atoms with Gasteiger partial charge >= 0.3 is 0 Å². The Labute approximate surface area is 188 Å². The number of carbonyl (C=O) groups is 1. The molecule has 0 N–H and O–H groups in total. The third-order valence-electron chi connectivity index (χ3n) is 5.65. The van der Waals surface area contributed by atoms with E-state index in [1.807, 2.05) is 47.9 Å². The summed E-state index contributed by atoms with van der Waals surface area (Å²) in [4.78, 5) is 20.6. The van der Waals surface area contributed by atoms with E-state index in [1.54, 1.807) is 30.3 Å². The van der Waals surface area contributed by atoms with E-state index in [0.717, 1.165) is 17.5 Å². The summed E-state index contributed by atoms with van der Waals surface area (Å²) in [6, 6.07) is 15.8. The molecule has 0 unspecified atom stereocenters. The maximum atomic E-state index is 13.5. The zero-order chi connectivity index (χ0) is 22.7. The number of sulfone groups is 1. The Morgan fingerprint density at radius 2 is 1.66 bits per heavy atom. The van der Waals surface area contributed by atoms with Crippen molar-refractivity contribution in [3.8, 4) is 11.5 Å². The van der Waals surface area contributed by atoms with Crippen LogP contribution in [0.4, 0.5) is 5.88 Å². The Kier molecular flexibility index (Phi) is 6.32. The van der Waals surface area contributed by atoms with Crippen LogP contribution in [0.5, 0.6) is 0 Å². The van der Waals surface area contributed by atoms with Crippen molar-refractivity contribution in [3.63, 3.8) is 0 Å². The number of anilines is 1. The number of rotatable bonds is 6. The maximum absolute atomic E-state index is 13.5. The second-order valence-corrected chi connectivity index (χ2v) is 9.74. The highest BCUT2D eigenvalue weighted by molar-refractivity contribution is 7.91. The molecule has 1 fully saturated rings. The minimum absolute atomic E-state index is 0.0877. The number of oxazole rings is 1. The van der Waals surface area contributed by atoms with Crippen molar-refractivity contribution < 1.29 is 17.6 Å². The van der Waals surface area contributed by atoms with Crippen LogP contribution in [0.2, 0.25) is 0 Å². The number of hydrogen-bond donors (Lipinski definition) is 0. The minimum atomic E-state index is -3.88. The van der Waals surface area contributed by atoms with Crippen LogP contribution in [0.15, 0.2) is 68.9 Å². The summed E-state index contributed by atoms with van der Waals surface area (Å²) in [6.45, 7) is 5.91. The molecule has 7 nitrogen and oxygen atoms in total. The fourth-order valence-corrected chi connectivity index (χ4v) is 5.19. The van der Waals surface area contributed by atoms with E-state index in [-0.39, 0.29) is 27.6 Å². The van der Waals surface area contributed by atoms with Crippen molar-refractivity contribution in [1.82, 2.24) is 9.88 Å². The molecule has 1 aliphatic heterocycles. The number of benzene rings is 2. The van der Waals surface area contributed by atoms with Gasteiger partial charge in [-0.3, -0.25) is 4.79 Å². The first kappa shape index (κ1) is 22.1. The smallest absolute Gasteiger partial charge is 0.236 e. The molecule has 1 aliphatic rings. The molecule has 1 amide bonds. The maximum Gasteiger partial charge on any atom is 0.236 e. The van der Waals surface area contributed by atoms with Gasteiger partial charge in [-0.05, 0) is 37.1 Å². The monoisotopic (exact) mass is 453 g/mol. The van der Waals surface area contributed by atoms with Gasteiger partial charge in [0.1, 0.15) is 0 Å². The van der Waals surface area contributed by atoms with Crippen LogP contribution in [0, 0.1) is 6.92 Å². The van der Waals surface area contributed by atoms with E-state index in [1.165, 1.54) is 0 Å². The van der Waals surface area contributed by atoms with Crippen LogP contribution in [-0.2, 0) is 14.6 Å². The first-order chi connectivity index (χ1) is 15.4. The SMILES string of the molecule is CCCC(=O)N1CCN(c2oc(-c3ccccc3C)nc2S(=O)(=O)c2ccccc2)CC1. The topological polar surface area (TPSA) is 83.7 Å². The van der Waals surface area contributed by atoms with Gasteiger partial charge in [0.15, 0.2) is 0 Å². The van der Waals surface area contributed by atoms with Crippen molar-refractivity contribution >= 4 is 21.6 Å². The molecular formula is C24H27N3O4S. The number of aromatic nitrogens is 1. The molecule has 32 heavy (non-hydrogen) atoms. The third-order valence-corrected chi connectivity index (χ3v) is 7.31. The first-order valence-electron chi connectivity index (χ1n) is 10.8. The molecular weight excluding hydrogens is 426 g/mol. The normalized spacial score (nSPS) is 14.6. The van der Waals surface area contributed by atoms with Gasteiger partial charge in [0.25, 0.3) is 0 Å². The molecule has 1 saturated heterocycles. The number of piperazine rings is 1. The van der Waals surface area contributed by atoms with Gasteiger partial charge in [0.2, 0.25) is 32.5 Å². The van der Waals surface area contributed by atoms with Gasteiger partial charge in [-0.25, -0.2) is 8.42 Å². The quantitative estimate of drug-likeness (QED) is 0.562. The minimum Gasteiger partial charge on any atom is -0.419 e. The lowest BCUT2D eigenvalue weighted by atomic mass is 10.1. The molecule has 168 valence electrons. The fraction of sp³-hybridized carbons (Fsp3) is 0.333. The zero-order valence-electron chi connectivity index (χ0n) is 18.3. The Hall–Kier alpha value is -3.13. The van der Waals surface area contributed by atoms with E-state index in [0.29, 0.717) is 32.6 Å². The third kappa shape index (κ3) is 4.27. The number of amides is 1. The van der Waals surface area contributed by atoms with E-state index >= 15 is 0 Å². The van der Waals surface area contributed by atoms with E-state index < -0.39 is 9.84 Å². The highest BCUT2D eigenvalue weighted by Gasteiger charge is 2.33. The van der Waals surface area contributed by atoms with E-state index in [4.69, 9.17) is 4.42 Å². The Morgan fingerprint density at radius 1 is 1.00 bits per heavy atom. The predicted octanol–water partition coefficient (Wildman–Crippen LogP) is 3.93. The van der Waals surface area contributed by atoms with Crippen molar-refractivity contribution in [2.75, 3.05) is 31.1 Å². The Bertz CT molecular complexity index is 1200. The molecule has 3 aromatic rings. The van der Waals surface area contributed by atoms with Crippen LogP contribution in [0.1, 0.15) is 25.3 Å². The second-order valence-electron chi connectivity index (χ2n) is 7.88. The standard InChI is InChI=1S/C24H27N3O4S/c1-3-9-21(28)26-14-16-27(17-15-26)24-23(32(29,30)19-11-5-4-6-12-19)25-22(31-24)20-13-8-7-10-18(20)2/h4-8,10-13H,3,9,14-17H2,1-2H3. The van der Waals surface area contributed by atoms with Crippen molar-refractivity contribution in [1.29, 1.82) is 0 Å². The molecule has 0 bridgehead atoms. The van der Waals surface area contributed by atoms with Gasteiger partial charge in [-0.2, -0.15) is 4.98 Å². The summed E-state index contributed by atoms with van der Waals surface area (Å²) in [7, 11) is -3.88. The molecule has 2 heterocycles. The molecule has 0 aliphatic carbocycles. The van der Waals surface area contributed by atoms with Gasteiger partial charge < -0.3 is 14.2 Å². The first-order valence-corrected chi connectivity index (χ1v) is 12.3. The lowest BCUT2D eigenvalue weighted by molar-refractivity contribution is -0.131. The second kappa shape index (κ2) is 9.16. The number of carbonyl (C=O) groups excluding carboxylic acids is 1. The summed E-state index contributed by atoms with van der Waals surface area (Å²) in [5.41, 5.74) is 1.69. The number of hydrogen-bond acceptors (Lipinski definition) is 6. The summed E-state index contributed by atoms with van der Waals surface area (Å²) < 4.78 is 33.0. The summed E-state index contributed by atoms with van der Waals surface area (Å²) in [5, 5.41) is -0.0877. The average molecular weight is 454 g/mol. The van der Waals surface area contributed by atoms with Crippen molar-refractivity contribution in [2.45, 2.75) is 36.6 Å². The molecule has 0 atom stereocenters. The summed E-state index contributed by atoms with van der Waals surface area (Å²) >= 11 is 0. The van der Waals surface area contributed by atoms with Gasteiger partial charge in [0, 0.05) is 38.2 Å². The van der Waals surface area contributed by atoms with Gasteiger partial charge in [-0.1, -0.05) is 43.3 Å². The molecule has 2 aromatic carbocycles. The van der Waals surface area contributed by atoms with Crippen LogP contribution >= 0.6 is 0 Å². The number of nitrogens with zero attached hydrogens (tertiary/aromatic N) is 3. The zero-order valence-corrected chi connectivity index (χ0v) is 19.1. The van der Waals surface area contributed by atoms with Gasteiger partial charge in [-0.15, -0.1) is 0 Å². The fourth-order valence-electron chi connectivity index (χ4n) is 3.84. The summed E-state index contributed by atoms with van der Waals surface area (Å²) in [5.74, 6) is 0.634. The molecule has 0 spiro atoms. The largest absolute Gasteiger partial charge is 0.419 e. The predicted molar refractivity (Wildman–Crippen MR) is 122 cm³/mol. The highest BCUT2D eigenvalue weighted by Crippen LogP contribution is 2.36. The van der Waals surface area contributed by atoms with Crippen molar-refractivity contribution in [3.05, 3.63) is 60.2 Å². The van der Waals surface area contributed by atoms with Crippen LogP contribution in [-0.4, -0.2) is 50.4 Å². The molecule has 1 aromatic heterocycles. The van der Waals surface area contributed by atoms with Crippen LogP contribution in [0.25, 0.3) is 11.5 Å².